The molecule has 0 fully saturated rings. The van der Waals surface area contributed by atoms with Crippen molar-refractivity contribution in [2.75, 3.05) is 79.7 Å². The second-order valence-electron chi connectivity index (χ2n) is 33.0. The van der Waals surface area contributed by atoms with Gasteiger partial charge in [0.1, 0.15) is 70.1 Å². The van der Waals surface area contributed by atoms with E-state index in [9.17, 15) is 77.3 Å². The van der Waals surface area contributed by atoms with Crippen LogP contribution in [-0.2, 0) is 47.9 Å². The van der Waals surface area contributed by atoms with Gasteiger partial charge in [0, 0.05) is 92.9 Å². The zero-order valence-corrected chi connectivity index (χ0v) is 79.8. The highest BCUT2D eigenvalue weighted by atomic mass is 16.5. The van der Waals surface area contributed by atoms with Gasteiger partial charge in [-0.15, -0.1) is 0 Å². The molecule has 7 aromatic rings. The molecule has 0 aliphatic carbocycles. The van der Waals surface area contributed by atoms with Crippen LogP contribution in [0.4, 0.5) is 4.79 Å². The van der Waals surface area contributed by atoms with Crippen molar-refractivity contribution >= 4 is 112 Å². The first-order chi connectivity index (χ1) is 67.0. The smallest absolute Gasteiger partial charge is 0.343 e. The highest BCUT2D eigenvalue weighted by molar-refractivity contribution is 6.00. The summed E-state index contributed by atoms with van der Waals surface area (Å²) < 4.78 is 33.2. The molecular formula is C100H134N16O24. The van der Waals surface area contributed by atoms with Crippen LogP contribution in [0.15, 0.2) is 158 Å². The third-order valence-corrected chi connectivity index (χ3v) is 21.6. The molecule has 140 heavy (non-hydrogen) atoms. The van der Waals surface area contributed by atoms with E-state index < -0.39 is 78.2 Å². The Balaban J connectivity index is 0.000000371. The summed E-state index contributed by atoms with van der Waals surface area (Å²) in [6, 6.07) is 39.0. The number of carboxylic acids is 4. The molecule has 7 aromatic carbocycles. The Kier molecular flexibility index (Phi) is 53.5. The van der Waals surface area contributed by atoms with E-state index in [1.807, 2.05) is 14.1 Å². The van der Waals surface area contributed by atoms with Gasteiger partial charge in [-0.05, 0) is 280 Å². The average molecular weight is 1940 g/mol. The Hall–Kier alpha value is -15.1. The monoisotopic (exact) mass is 1940 g/mol. The maximum absolute atomic E-state index is 12.6. The van der Waals surface area contributed by atoms with E-state index in [4.69, 9.17) is 72.1 Å². The summed E-state index contributed by atoms with van der Waals surface area (Å²) >= 11 is 0. The molecule has 0 saturated heterocycles. The molecule has 8 amide bonds. The number of nitrogens with two attached hydrogens (primary N) is 3. The molecule has 0 aliphatic heterocycles. The zero-order valence-electron chi connectivity index (χ0n) is 79.8. The molecule has 40 heteroatoms. The van der Waals surface area contributed by atoms with E-state index in [-0.39, 0.29) is 110 Å². The molecule has 758 valence electrons. The third kappa shape index (κ3) is 47.1. The van der Waals surface area contributed by atoms with Crippen LogP contribution >= 0.6 is 0 Å². The molecule has 6 atom stereocenters. The lowest BCUT2D eigenvalue weighted by Crippen LogP contribution is -2.43. The molecule has 0 heterocycles. The first-order valence-corrected chi connectivity index (χ1v) is 46.6. The van der Waals surface area contributed by atoms with Crippen LogP contribution in [0.2, 0.25) is 0 Å². The number of aliphatic carboxylic acids is 4. The van der Waals surface area contributed by atoms with Gasteiger partial charge in [0.2, 0.25) is 35.4 Å². The van der Waals surface area contributed by atoms with Crippen LogP contribution in [0.3, 0.4) is 0 Å². The molecule has 0 radical (unpaired) electrons. The maximum atomic E-state index is 12.6. The highest BCUT2D eigenvalue weighted by Crippen LogP contribution is 2.26. The molecule has 0 spiro atoms. The molecule has 0 bridgehead atoms. The van der Waals surface area contributed by atoms with Gasteiger partial charge in [-0.2, -0.15) is 0 Å². The fourth-order valence-corrected chi connectivity index (χ4v) is 13.2. The number of amidine groups is 3. The fraction of sp³-hybridized carbons (Fsp3) is 0.430. The summed E-state index contributed by atoms with van der Waals surface area (Å²) in [4.78, 5) is 168. The Morgan fingerprint density at radius 2 is 0.593 bits per heavy atom. The van der Waals surface area contributed by atoms with Crippen molar-refractivity contribution in [2.24, 2.45) is 35.0 Å². The van der Waals surface area contributed by atoms with Gasteiger partial charge in [-0.25, -0.2) is 33.6 Å². The van der Waals surface area contributed by atoms with E-state index >= 15 is 0 Å². The number of benzene rings is 7. The summed E-state index contributed by atoms with van der Waals surface area (Å²) in [6.45, 7) is 9.83. The standard InChI is InChI=1S/C36H52N6O8.C32H46N6O7.C32H36N4O9/c1-25(9-3-5-21-39-2)34(45)42-30(35(46)47)10-4-6-22-40-31(43)11-7-12-32(44)41-23-8-24-49-28-17-15-27(16-18-28)36(48)50-29-19-13-26(14-20-29)33(37)38;1-22(8-3-5-18-35-2)29(39)38-27(30(40)41)9-4-6-19-36-32(43)37-20-7-21-44-25-14-12-24(13-15-25)31(42)45-26-16-10-23(11-17-26)28(33)34;1-19(30(40)36-26(31(41)42)12-14-28(38)39)3-13-27(37)35-15-2-16-44-24-9-6-20(7-10-24)32(43)45-25-11-8-21-17-23(29(33)34)5-4-22(21)18-25/h13-20,25,30,39H,3-12,21-24H2,1-2H3,(H3,37,38)(H,40,43)(H,41,44)(H,42,45)(H,46,47);10-17,22,27,35H,3-9,18-21H2,1-2H3,(H3,33,34)(H,38,39)(H,40,41)(H2,36,37,43);4-11,17-19,26H,2-3,12-16H2,1H3,(H3,33,34)(H,35,37)(H,36,40)(H,38,39)(H,41,42). The van der Waals surface area contributed by atoms with Crippen molar-refractivity contribution < 1.29 is 116 Å². The number of fused-ring (bicyclic) bond motifs is 1. The number of esters is 3. The van der Waals surface area contributed by atoms with E-state index in [0.29, 0.717) is 185 Å². The molecule has 23 N–H and O–H groups in total. The summed E-state index contributed by atoms with van der Waals surface area (Å²) in [5, 5.41) is 88.4. The van der Waals surface area contributed by atoms with Gasteiger partial charge in [0.25, 0.3) is 0 Å². The summed E-state index contributed by atoms with van der Waals surface area (Å²) in [5.41, 5.74) is 19.1. The number of carbonyl (C=O) groups is 14. The third-order valence-electron chi connectivity index (χ3n) is 21.6. The largest absolute Gasteiger partial charge is 0.494 e. The van der Waals surface area contributed by atoms with E-state index in [0.717, 1.165) is 49.5 Å². The van der Waals surface area contributed by atoms with Crippen LogP contribution in [0.5, 0.6) is 34.5 Å². The van der Waals surface area contributed by atoms with Crippen LogP contribution in [-0.4, -0.2) is 219 Å². The maximum Gasteiger partial charge on any atom is 0.343 e. The summed E-state index contributed by atoms with van der Waals surface area (Å²) in [5.74, 6) is -6.49. The molecule has 7 rings (SSSR count). The number of hydrogen-bond donors (Lipinski definition) is 20. The van der Waals surface area contributed by atoms with Crippen molar-refractivity contribution in [3.05, 3.63) is 191 Å². The SMILES string of the molecule is CC(CCC(=O)NCCCOc1ccc(C(=O)Oc2ccc3cc(C(=N)N)ccc3c2)cc1)C(=O)NC(CCC(=O)O)C(=O)O.CNCCCCC(C)C(=O)NC(CCCCNC(=O)CCCC(=O)NCCCOc1ccc(C(=O)Oc2ccc(C(=N)N)cc2)cc1)C(=O)O.CNCCCCC(C)C(=O)NC(CCCCNC(=O)NCCCOc1ccc(C(=O)Oc2ccc(C(=N)N)cc2)cc1)C(=O)O. The predicted octanol–water partition coefficient (Wildman–Crippen LogP) is 9.23. The molecule has 6 unspecified atom stereocenters. The normalized spacial score (nSPS) is 11.9. The number of unbranched alkanes of at least 4 members (excludes halogenated alkanes) is 4. The van der Waals surface area contributed by atoms with Crippen molar-refractivity contribution in [1.29, 1.82) is 16.2 Å². The first kappa shape index (κ1) is 115. The van der Waals surface area contributed by atoms with Crippen LogP contribution in [0, 0.1) is 34.0 Å². The average Bonchev–Trinajstić information content (AvgIpc) is 0.811. The topological polar surface area (TPSA) is 645 Å². The number of amides is 8. The number of ether oxygens (including phenoxy) is 6. The lowest BCUT2D eigenvalue weighted by atomic mass is 10.0. The second kappa shape index (κ2) is 64.8. The quantitative estimate of drug-likeness (QED) is 0.00555. The lowest BCUT2D eigenvalue weighted by molar-refractivity contribution is -0.144. The summed E-state index contributed by atoms with van der Waals surface area (Å²) in [7, 11) is 3.75. The van der Waals surface area contributed by atoms with Gasteiger partial charge in [0.15, 0.2) is 0 Å². The molecule has 0 aromatic heterocycles. The Morgan fingerprint density at radius 3 is 0.964 bits per heavy atom. The van der Waals surface area contributed by atoms with Crippen LogP contribution < -0.4 is 98.8 Å². The van der Waals surface area contributed by atoms with Crippen molar-refractivity contribution in [3.8, 4) is 34.5 Å². The number of rotatable bonds is 63. The Labute approximate surface area is 813 Å². The number of nitrogen functional groups attached to an aromatic ring is 3. The lowest BCUT2D eigenvalue weighted by Gasteiger charge is -2.18. The summed E-state index contributed by atoms with van der Waals surface area (Å²) in [6.07, 6.45) is 9.92. The van der Waals surface area contributed by atoms with Gasteiger partial charge in [0.05, 0.1) is 36.5 Å². The Bertz CT molecular complexity index is 5180. The fourth-order valence-electron chi connectivity index (χ4n) is 13.2. The van der Waals surface area contributed by atoms with E-state index in [1.165, 1.54) is 0 Å². The Morgan fingerprint density at radius 1 is 0.300 bits per heavy atom. The number of carbonyl (C=O) groups excluding carboxylic acids is 10. The first-order valence-electron chi connectivity index (χ1n) is 46.6. The van der Waals surface area contributed by atoms with Crippen molar-refractivity contribution in [1.82, 2.24) is 53.2 Å². The van der Waals surface area contributed by atoms with E-state index in [2.05, 4.69) is 53.2 Å². The highest BCUT2D eigenvalue weighted by Gasteiger charge is 2.27. The van der Waals surface area contributed by atoms with E-state index in [1.54, 1.807) is 178 Å². The van der Waals surface area contributed by atoms with Gasteiger partial charge < -0.3 is 119 Å². The number of nitrogens with one attached hydrogen (secondary N) is 13. The van der Waals surface area contributed by atoms with Gasteiger partial charge in [-0.1, -0.05) is 51.8 Å². The minimum atomic E-state index is -1.32. The van der Waals surface area contributed by atoms with Gasteiger partial charge >= 0.3 is 47.8 Å². The van der Waals surface area contributed by atoms with Gasteiger partial charge in [-0.3, -0.25) is 49.8 Å². The molecule has 0 saturated carbocycles. The van der Waals surface area contributed by atoms with Crippen molar-refractivity contribution in [3.63, 3.8) is 0 Å². The van der Waals surface area contributed by atoms with Crippen LogP contribution in [0.1, 0.15) is 210 Å². The van der Waals surface area contributed by atoms with Crippen molar-refractivity contribution in [2.45, 2.75) is 180 Å². The molecule has 0 aliphatic rings. The molecular weight excluding hydrogens is 1810 g/mol. The minimum Gasteiger partial charge on any atom is -0.494 e. The minimum absolute atomic E-state index is 0.0258. The number of hydrogen-bond acceptors (Lipinski definition) is 25. The van der Waals surface area contributed by atoms with Crippen LogP contribution in [0.25, 0.3) is 10.8 Å². The second-order valence-corrected chi connectivity index (χ2v) is 33.0. The predicted molar refractivity (Wildman–Crippen MR) is 524 cm³/mol. The zero-order chi connectivity index (χ0) is 103. The molecule has 40 nitrogen and oxygen atoms in total. The number of urea groups is 1. The number of carboxylic acid groups (broad SMARTS) is 4.